The summed E-state index contributed by atoms with van der Waals surface area (Å²) in [4.78, 5) is 0. The molecule has 0 radical (unpaired) electrons. The normalized spacial score (nSPS) is 28.8. The van der Waals surface area contributed by atoms with E-state index in [1.807, 2.05) is 0 Å². The van der Waals surface area contributed by atoms with Crippen molar-refractivity contribution in [1.82, 2.24) is 0 Å². The minimum atomic E-state index is 0.980. The molecule has 3 unspecified atom stereocenters. The molecule has 0 N–H and O–H groups in total. The van der Waals surface area contributed by atoms with Crippen LogP contribution in [0.3, 0.4) is 0 Å². The van der Waals surface area contributed by atoms with E-state index >= 15 is 0 Å². The molecule has 13 heavy (non-hydrogen) atoms. The lowest BCUT2D eigenvalue weighted by molar-refractivity contribution is 0.442. The first-order chi connectivity index (χ1) is 6.27. The van der Waals surface area contributed by atoms with Gasteiger partial charge in [0, 0.05) is 0 Å². The molecule has 1 rings (SSSR count). The van der Waals surface area contributed by atoms with Crippen molar-refractivity contribution in [3.8, 4) is 0 Å². The first-order valence-electron chi connectivity index (χ1n) is 6.27. The van der Waals surface area contributed by atoms with Crippen molar-refractivity contribution in [2.45, 2.75) is 65.7 Å². The van der Waals surface area contributed by atoms with E-state index in [2.05, 4.69) is 20.8 Å². The van der Waals surface area contributed by atoms with Gasteiger partial charge in [0.25, 0.3) is 0 Å². The van der Waals surface area contributed by atoms with Crippen LogP contribution in [-0.4, -0.2) is 0 Å². The Morgan fingerprint density at radius 3 is 2.31 bits per heavy atom. The molecule has 3 atom stereocenters. The van der Waals surface area contributed by atoms with Crippen LogP contribution in [0.1, 0.15) is 65.7 Å². The van der Waals surface area contributed by atoms with E-state index in [9.17, 15) is 0 Å². The monoisotopic (exact) mass is 182 g/mol. The fraction of sp³-hybridized carbons (Fsp3) is 1.00. The second kappa shape index (κ2) is 5.67. The summed E-state index contributed by atoms with van der Waals surface area (Å²) < 4.78 is 0. The SMILES string of the molecule is CCCC(C)CCC1CC1CCC. The van der Waals surface area contributed by atoms with Gasteiger partial charge in [-0.15, -0.1) is 0 Å². The molecule has 1 aliphatic rings. The van der Waals surface area contributed by atoms with E-state index in [1.165, 1.54) is 38.5 Å². The summed E-state index contributed by atoms with van der Waals surface area (Å²) in [5.41, 5.74) is 0. The van der Waals surface area contributed by atoms with E-state index in [4.69, 9.17) is 0 Å². The fourth-order valence-corrected chi connectivity index (χ4v) is 2.52. The highest BCUT2D eigenvalue weighted by Gasteiger charge is 2.35. The minimum absolute atomic E-state index is 0.980. The summed E-state index contributed by atoms with van der Waals surface area (Å²) in [6, 6.07) is 0. The Bertz CT molecular complexity index is 128. The maximum Gasteiger partial charge on any atom is -0.0383 e. The molecule has 0 bridgehead atoms. The molecule has 0 aliphatic heterocycles. The highest BCUT2D eigenvalue weighted by Crippen LogP contribution is 2.45. The average Bonchev–Trinajstić information content (AvgIpc) is 2.82. The Kier molecular flexibility index (Phi) is 4.83. The molecular formula is C13H26. The molecule has 0 aromatic carbocycles. The number of hydrogen-bond donors (Lipinski definition) is 0. The van der Waals surface area contributed by atoms with Crippen LogP contribution in [-0.2, 0) is 0 Å². The third kappa shape index (κ3) is 4.15. The van der Waals surface area contributed by atoms with Crippen molar-refractivity contribution in [3.05, 3.63) is 0 Å². The van der Waals surface area contributed by atoms with Crippen LogP contribution in [0.4, 0.5) is 0 Å². The number of rotatable bonds is 7. The van der Waals surface area contributed by atoms with Crippen LogP contribution < -0.4 is 0 Å². The fourth-order valence-electron chi connectivity index (χ4n) is 2.52. The van der Waals surface area contributed by atoms with Crippen molar-refractivity contribution in [1.29, 1.82) is 0 Å². The molecule has 1 aliphatic carbocycles. The summed E-state index contributed by atoms with van der Waals surface area (Å²) in [6.07, 6.45) is 10.2. The molecule has 0 heteroatoms. The first kappa shape index (κ1) is 11.1. The van der Waals surface area contributed by atoms with Gasteiger partial charge in [-0.1, -0.05) is 52.9 Å². The second-order valence-electron chi connectivity index (χ2n) is 5.02. The third-order valence-electron chi connectivity index (χ3n) is 3.54. The summed E-state index contributed by atoms with van der Waals surface area (Å²) >= 11 is 0. The lowest BCUT2D eigenvalue weighted by Crippen LogP contribution is -1.95. The first-order valence-corrected chi connectivity index (χ1v) is 6.27. The van der Waals surface area contributed by atoms with Crippen LogP contribution >= 0.6 is 0 Å². The third-order valence-corrected chi connectivity index (χ3v) is 3.54. The van der Waals surface area contributed by atoms with Crippen molar-refractivity contribution in [3.63, 3.8) is 0 Å². The Morgan fingerprint density at radius 1 is 1.00 bits per heavy atom. The predicted octanol–water partition coefficient (Wildman–Crippen LogP) is 4.64. The average molecular weight is 182 g/mol. The maximum absolute atomic E-state index is 2.42. The zero-order valence-corrected chi connectivity index (χ0v) is 9.68. The van der Waals surface area contributed by atoms with E-state index in [0.29, 0.717) is 0 Å². The predicted molar refractivity (Wildman–Crippen MR) is 59.8 cm³/mol. The van der Waals surface area contributed by atoms with Crippen LogP contribution in [0.25, 0.3) is 0 Å². The summed E-state index contributed by atoms with van der Waals surface area (Å²) in [5.74, 6) is 3.23. The Hall–Kier alpha value is 0. The smallest absolute Gasteiger partial charge is 0.0383 e. The molecule has 0 saturated heterocycles. The topological polar surface area (TPSA) is 0 Å². The second-order valence-corrected chi connectivity index (χ2v) is 5.02. The molecule has 0 aromatic rings. The van der Waals surface area contributed by atoms with Gasteiger partial charge in [-0.3, -0.25) is 0 Å². The summed E-state index contributed by atoms with van der Waals surface area (Å²) in [6.45, 7) is 7.03. The van der Waals surface area contributed by atoms with Crippen molar-refractivity contribution >= 4 is 0 Å². The molecule has 1 saturated carbocycles. The van der Waals surface area contributed by atoms with Gasteiger partial charge in [-0.25, -0.2) is 0 Å². The zero-order chi connectivity index (χ0) is 9.68. The van der Waals surface area contributed by atoms with Gasteiger partial charge in [0.05, 0.1) is 0 Å². The molecule has 0 spiro atoms. The molecule has 78 valence electrons. The van der Waals surface area contributed by atoms with Crippen molar-refractivity contribution < 1.29 is 0 Å². The highest BCUT2D eigenvalue weighted by atomic mass is 14.4. The molecule has 1 fully saturated rings. The van der Waals surface area contributed by atoms with E-state index < -0.39 is 0 Å². The minimum Gasteiger partial charge on any atom is -0.0654 e. The Balaban J connectivity index is 1.95. The molecular weight excluding hydrogens is 156 g/mol. The zero-order valence-electron chi connectivity index (χ0n) is 9.68. The lowest BCUT2D eigenvalue weighted by atomic mass is 9.98. The molecule has 0 nitrogen and oxygen atoms in total. The van der Waals surface area contributed by atoms with Crippen LogP contribution in [0, 0.1) is 17.8 Å². The van der Waals surface area contributed by atoms with E-state index in [1.54, 1.807) is 6.42 Å². The van der Waals surface area contributed by atoms with Crippen molar-refractivity contribution in [2.24, 2.45) is 17.8 Å². The van der Waals surface area contributed by atoms with Crippen molar-refractivity contribution in [2.75, 3.05) is 0 Å². The van der Waals surface area contributed by atoms with Crippen LogP contribution in [0.2, 0.25) is 0 Å². The standard InChI is InChI=1S/C13H26/c1-4-6-11(3)8-9-13-10-12(13)7-5-2/h11-13H,4-10H2,1-3H3. The van der Waals surface area contributed by atoms with E-state index in [0.717, 1.165) is 17.8 Å². The molecule has 0 heterocycles. The Morgan fingerprint density at radius 2 is 1.69 bits per heavy atom. The quantitative estimate of drug-likeness (QED) is 0.538. The largest absolute Gasteiger partial charge is 0.0654 e. The summed E-state index contributed by atoms with van der Waals surface area (Å²) in [7, 11) is 0. The highest BCUT2D eigenvalue weighted by molar-refractivity contribution is 4.85. The van der Waals surface area contributed by atoms with Gasteiger partial charge in [-0.05, 0) is 30.6 Å². The lowest BCUT2D eigenvalue weighted by Gasteiger charge is -2.08. The van der Waals surface area contributed by atoms with Crippen LogP contribution in [0.5, 0.6) is 0 Å². The summed E-state index contributed by atoms with van der Waals surface area (Å²) in [5, 5.41) is 0. The molecule has 0 aromatic heterocycles. The van der Waals surface area contributed by atoms with Gasteiger partial charge in [-0.2, -0.15) is 0 Å². The Labute approximate surface area is 84.1 Å². The molecule has 0 amide bonds. The van der Waals surface area contributed by atoms with Gasteiger partial charge in [0.2, 0.25) is 0 Å². The van der Waals surface area contributed by atoms with Gasteiger partial charge >= 0.3 is 0 Å². The van der Waals surface area contributed by atoms with E-state index in [-0.39, 0.29) is 0 Å². The van der Waals surface area contributed by atoms with Gasteiger partial charge < -0.3 is 0 Å². The van der Waals surface area contributed by atoms with Gasteiger partial charge in [0.1, 0.15) is 0 Å². The van der Waals surface area contributed by atoms with Gasteiger partial charge in [0.15, 0.2) is 0 Å². The van der Waals surface area contributed by atoms with Crippen LogP contribution in [0.15, 0.2) is 0 Å². The maximum atomic E-state index is 2.42. The number of hydrogen-bond acceptors (Lipinski definition) is 0.